The smallest absolute Gasteiger partial charge is 0.0719 e. The summed E-state index contributed by atoms with van der Waals surface area (Å²) in [7, 11) is 0. The molecule has 0 saturated carbocycles. The maximum atomic E-state index is 9.54. The summed E-state index contributed by atoms with van der Waals surface area (Å²) < 4.78 is 0. The molecular formula is C8H17NO. The van der Waals surface area contributed by atoms with Crippen LogP contribution in [-0.4, -0.2) is 23.3 Å². The standard InChI is InChI=1S/C8H17NO/c1-6-4-7(10)8(2,3)9-5-6/h6-7,9-10H,4-5H2,1-3H3/t6?,7-/m0/s1. The molecule has 2 heteroatoms. The van der Waals surface area contributed by atoms with Crippen LogP contribution in [0.1, 0.15) is 27.2 Å². The molecule has 0 radical (unpaired) electrons. The highest BCUT2D eigenvalue weighted by Gasteiger charge is 2.32. The Morgan fingerprint density at radius 3 is 2.50 bits per heavy atom. The van der Waals surface area contributed by atoms with Gasteiger partial charge in [0, 0.05) is 5.54 Å². The van der Waals surface area contributed by atoms with E-state index in [9.17, 15) is 5.11 Å². The Labute approximate surface area is 62.6 Å². The Hall–Kier alpha value is -0.0800. The second-order valence-electron chi connectivity index (χ2n) is 3.96. The van der Waals surface area contributed by atoms with E-state index in [-0.39, 0.29) is 11.6 Å². The van der Waals surface area contributed by atoms with Gasteiger partial charge in [0.2, 0.25) is 0 Å². The summed E-state index contributed by atoms with van der Waals surface area (Å²) in [5, 5.41) is 12.9. The van der Waals surface area contributed by atoms with Crippen molar-refractivity contribution in [3.8, 4) is 0 Å². The molecule has 1 heterocycles. The van der Waals surface area contributed by atoms with Crippen molar-refractivity contribution in [1.29, 1.82) is 0 Å². The minimum atomic E-state index is -0.184. The number of piperidine rings is 1. The Morgan fingerprint density at radius 1 is 1.50 bits per heavy atom. The molecule has 1 unspecified atom stereocenters. The Balaban J connectivity index is 2.52. The minimum absolute atomic E-state index is 0.0769. The SMILES string of the molecule is CC1CNC(C)(C)[C@@H](O)C1. The second kappa shape index (κ2) is 2.51. The van der Waals surface area contributed by atoms with Crippen molar-refractivity contribution in [2.75, 3.05) is 6.54 Å². The summed E-state index contributed by atoms with van der Waals surface area (Å²) in [4.78, 5) is 0. The van der Waals surface area contributed by atoms with Crippen LogP contribution in [0.3, 0.4) is 0 Å². The topological polar surface area (TPSA) is 32.3 Å². The van der Waals surface area contributed by atoms with Crippen molar-refractivity contribution < 1.29 is 5.11 Å². The number of rotatable bonds is 0. The van der Waals surface area contributed by atoms with Gasteiger partial charge in [-0.15, -0.1) is 0 Å². The first-order chi connectivity index (χ1) is 4.52. The van der Waals surface area contributed by atoms with Crippen LogP contribution in [0.25, 0.3) is 0 Å². The molecule has 0 bridgehead atoms. The van der Waals surface area contributed by atoms with Gasteiger partial charge in [-0.25, -0.2) is 0 Å². The quantitative estimate of drug-likeness (QED) is 0.524. The number of hydrogen-bond acceptors (Lipinski definition) is 2. The molecule has 0 aromatic carbocycles. The van der Waals surface area contributed by atoms with Crippen LogP contribution in [0.4, 0.5) is 0 Å². The molecule has 1 saturated heterocycles. The van der Waals surface area contributed by atoms with Crippen LogP contribution in [-0.2, 0) is 0 Å². The van der Waals surface area contributed by atoms with E-state index in [4.69, 9.17) is 0 Å². The van der Waals surface area contributed by atoms with Crippen molar-refractivity contribution in [1.82, 2.24) is 5.32 Å². The lowest BCUT2D eigenvalue weighted by Crippen LogP contribution is -2.55. The van der Waals surface area contributed by atoms with E-state index in [1.807, 2.05) is 13.8 Å². The summed E-state index contributed by atoms with van der Waals surface area (Å²) in [6.45, 7) is 7.28. The lowest BCUT2D eigenvalue weighted by atomic mass is 9.85. The molecule has 1 aliphatic heterocycles. The predicted octanol–water partition coefficient (Wildman–Crippen LogP) is 0.755. The van der Waals surface area contributed by atoms with Crippen LogP contribution in [0.15, 0.2) is 0 Å². The van der Waals surface area contributed by atoms with Crippen molar-refractivity contribution >= 4 is 0 Å². The van der Waals surface area contributed by atoms with Gasteiger partial charge in [-0.3, -0.25) is 0 Å². The van der Waals surface area contributed by atoms with Gasteiger partial charge < -0.3 is 10.4 Å². The molecule has 1 rings (SSSR count). The third-order valence-electron chi connectivity index (χ3n) is 2.36. The van der Waals surface area contributed by atoms with Gasteiger partial charge in [-0.2, -0.15) is 0 Å². The highest BCUT2D eigenvalue weighted by Crippen LogP contribution is 2.21. The lowest BCUT2D eigenvalue weighted by molar-refractivity contribution is 0.0319. The van der Waals surface area contributed by atoms with Gasteiger partial charge in [0.1, 0.15) is 0 Å². The van der Waals surface area contributed by atoms with Gasteiger partial charge in [-0.05, 0) is 32.7 Å². The first kappa shape index (κ1) is 8.02. The molecule has 0 aliphatic carbocycles. The van der Waals surface area contributed by atoms with Crippen LogP contribution in [0.5, 0.6) is 0 Å². The normalized spacial score (nSPS) is 39.6. The van der Waals surface area contributed by atoms with E-state index in [0.29, 0.717) is 5.92 Å². The zero-order chi connectivity index (χ0) is 7.78. The zero-order valence-corrected chi connectivity index (χ0v) is 7.02. The van der Waals surface area contributed by atoms with Crippen molar-refractivity contribution in [3.05, 3.63) is 0 Å². The molecule has 0 spiro atoms. The first-order valence-corrected chi connectivity index (χ1v) is 3.95. The van der Waals surface area contributed by atoms with Crippen molar-refractivity contribution in [3.63, 3.8) is 0 Å². The maximum absolute atomic E-state index is 9.54. The Morgan fingerprint density at radius 2 is 2.10 bits per heavy atom. The van der Waals surface area contributed by atoms with E-state index >= 15 is 0 Å². The van der Waals surface area contributed by atoms with Gasteiger partial charge in [-0.1, -0.05) is 6.92 Å². The monoisotopic (exact) mass is 143 g/mol. The van der Waals surface area contributed by atoms with Crippen molar-refractivity contribution in [2.45, 2.75) is 38.8 Å². The minimum Gasteiger partial charge on any atom is -0.391 e. The number of hydrogen-bond donors (Lipinski definition) is 2. The average Bonchev–Trinajstić information content (AvgIpc) is 1.81. The molecule has 0 aromatic rings. The fourth-order valence-electron chi connectivity index (χ4n) is 1.31. The van der Waals surface area contributed by atoms with Crippen LogP contribution < -0.4 is 5.32 Å². The Kier molecular flexibility index (Phi) is 2.02. The molecule has 0 aromatic heterocycles. The third-order valence-corrected chi connectivity index (χ3v) is 2.36. The van der Waals surface area contributed by atoms with E-state index < -0.39 is 0 Å². The highest BCUT2D eigenvalue weighted by molar-refractivity contribution is 4.91. The summed E-state index contributed by atoms with van der Waals surface area (Å²) in [6.07, 6.45) is 0.747. The number of nitrogens with one attached hydrogen (secondary N) is 1. The summed E-state index contributed by atoms with van der Waals surface area (Å²) in [5.41, 5.74) is -0.0769. The largest absolute Gasteiger partial charge is 0.391 e. The molecule has 2 nitrogen and oxygen atoms in total. The molecular weight excluding hydrogens is 126 g/mol. The second-order valence-corrected chi connectivity index (χ2v) is 3.96. The van der Waals surface area contributed by atoms with E-state index in [2.05, 4.69) is 12.2 Å². The highest BCUT2D eigenvalue weighted by atomic mass is 16.3. The number of aliphatic hydroxyl groups is 1. The van der Waals surface area contributed by atoms with Gasteiger partial charge in [0.05, 0.1) is 6.10 Å². The third kappa shape index (κ3) is 1.50. The maximum Gasteiger partial charge on any atom is 0.0719 e. The molecule has 60 valence electrons. The molecule has 1 fully saturated rings. The molecule has 2 atom stereocenters. The van der Waals surface area contributed by atoms with E-state index in [0.717, 1.165) is 13.0 Å². The number of aliphatic hydroxyl groups excluding tert-OH is 1. The lowest BCUT2D eigenvalue weighted by Gasteiger charge is -2.39. The van der Waals surface area contributed by atoms with Gasteiger partial charge in [0.15, 0.2) is 0 Å². The fourth-order valence-corrected chi connectivity index (χ4v) is 1.31. The zero-order valence-electron chi connectivity index (χ0n) is 7.02. The molecule has 2 N–H and O–H groups in total. The van der Waals surface area contributed by atoms with Gasteiger partial charge >= 0.3 is 0 Å². The average molecular weight is 143 g/mol. The molecule has 1 aliphatic rings. The molecule has 0 amide bonds. The molecule has 10 heavy (non-hydrogen) atoms. The van der Waals surface area contributed by atoms with Crippen LogP contribution in [0.2, 0.25) is 0 Å². The van der Waals surface area contributed by atoms with E-state index in [1.165, 1.54) is 0 Å². The van der Waals surface area contributed by atoms with Crippen LogP contribution in [0, 0.1) is 5.92 Å². The summed E-state index contributed by atoms with van der Waals surface area (Å²) in [6, 6.07) is 0. The Bertz CT molecular complexity index is 122. The van der Waals surface area contributed by atoms with Crippen molar-refractivity contribution in [2.24, 2.45) is 5.92 Å². The predicted molar refractivity (Wildman–Crippen MR) is 41.9 cm³/mol. The first-order valence-electron chi connectivity index (χ1n) is 3.95. The van der Waals surface area contributed by atoms with E-state index in [1.54, 1.807) is 0 Å². The summed E-state index contributed by atoms with van der Waals surface area (Å²) >= 11 is 0. The fraction of sp³-hybridized carbons (Fsp3) is 1.00. The van der Waals surface area contributed by atoms with Gasteiger partial charge in [0.25, 0.3) is 0 Å². The summed E-state index contributed by atoms with van der Waals surface area (Å²) in [5.74, 6) is 0.614. The van der Waals surface area contributed by atoms with Crippen LogP contribution >= 0.6 is 0 Å².